The number of nitrogens with one attached hydrogen (secondary N) is 3. The minimum absolute atomic E-state index is 0. The van der Waals surface area contributed by atoms with E-state index in [-0.39, 0.29) is 18.3 Å². The van der Waals surface area contributed by atoms with Crippen LogP contribution in [0.4, 0.5) is 4.79 Å². The number of amides is 3. The summed E-state index contributed by atoms with van der Waals surface area (Å²) in [7, 11) is 1.94. The molecule has 1 aliphatic rings. The van der Waals surface area contributed by atoms with Gasteiger partial charge < -0.3 is 10.6 Å². The molecule has 1 rings (SSSR count). The van der Waals surface area contributed by atoms with E-state index in [0.29, 0.717) is 19.0 Å². The lowest BCUT2D eigenvalue weighted by Crippen LogP contribution is -2.44. The lowest BCUT2D eigenvalue weighted by Gasteiger charge is -2.15. The molecule has 0 aromatic rings. The van der Waals surface area contributed by atoms with Crippen molar-refractivity contribution in [2.45, 2.75) is 19.8 Å². The lowest BCUT2D eigenvalue weighted by molar-refractivity contribution is -0.120. The van der Waals surface area contributed by atoms with Crippen molar-refractivity contribution in [3.63, 3.8) is 0 Å². The van der Waals surface area contributed by atoms with E-state index in [2.05, 4.69) is 20.9 Å². The van der Waals surface area contributed by atoms with Crippen molar-refractivity contribution in [2.75, 3.05) is 39.8 Å². The van der Waals surface area contributed by atoms with Crippen LogP contribution in [0.25, 0.3) is 0 Å². The number of carbonyl (C=O) groups excluding carboxylic acids is 2. The minimum atomic E-state index is -0.396. The van der Waals surface area contributed by atoms with Crippen LogP contribution in [-0.4, -0.2) is 56.6 Å². The van der Waals surface area contributed by atoms with Crippen LogP contribution in [-0.2, 0) is 4.79 Å². The summed E-state index contributed by atoms with van der Waals surface area (Å²) in [6, 6.07) is -0.396. The van der Waals surface area contributed by atoms with Gasteiger partial charge in [0, 0.05) is 13.1 Å². The van der Waals surface area contributed by atoms with Crippen LogP contribution >= 0.6 is 12.4 Å². The van der Waals surface area contributed by atoms with E-state index in [0.717, 1.165) is 32.5 Å². The number of hydrogen-bond donors (Lipinski definition) is 3. The molecule has 0 aromatic carbocycles. The van der Waals surface area contributed by atoms with Crippen molar-refractivity contribution >= 4 is 24.3 Å². The predicted octanol–water partition coefficient (Wildman–Crippen LogP) is 0.185. The van der Waals surface area contributed by atoms with Crippen molar-refractivity contribution in [3.05, 3.63) is 0 Å². The number of nitrogens with zero attached hydrogens (tertiary/aromatic N) is 1. The van der Waals surface area contributed by atoms with E-state index in [9.17, 15) is 9.59 Å². The Bertz CT molecular complexity index is 289. The average Bonchev–Trinajstić information content (AvgIpc) is 2.74. The molecular formula is C12H25ClN4O2. The Kier molecular flexibility index (Phi) is 9.55. The number of imide groups is 1. The van der Waals surface area contributed by atoms with Crippen LogP contribution in [0.2, 0.25) is 0 Å². The molecule has 1 saturated heterocycles. The normalized spacial score (nSPS) is 18.7. The standard InChI is InChI=1S/C12H24N4O2.ClH/c1-3-5-14-12(18)15-11(17)9-16-6-4-10(8-16)7-13-2;/h10,13H,3-9H2,1-2H3,(H2,14,15,17,18);1H. The van der Waals surface area contributed by atoms with E-state index >= 15 is 0 Å². The Morgan fingerprint density at radius 1 is 1.37 bits per heavy atom. The number of hydrogen-bond acceptors (Lipinski definition) is 4. The SMILES string of the molecule is CCCNC(=O)NC(=O)CN1CCC(CNC)C1.Cl. The van der Waals surface area contributed by atoms with E-state index < -0.39 is 6.03 Å². The van der Waals surface area contributed by atoms with Gasteiger partial charge >= 0.3 is 6.03 Å². The predicted molar refractivity (Wildman–Crippen MR) is 77.6 cm³/mol. The molecule has 3 amide bonds. The Morgan fingerprint density at radius 3 is 2.74 bits per heavy atom. The summed E-state index contributed by atoms with van der Waals surface area (Å²) in [5.41, 5.74) is 0. The maximum Gasteiger partial charge on any atom is 0.321 e. The molecular weight excluding hydrogens is 268 g/mol. The quantitative estimate of drug-likeness (QED) is 0.653. The van der Waals surface area contributed by atoms with Crippen LogP contribution in [0.15, 0.2) is 0 Å². The molecule has 0 spiro atoms. The number of halogens is 1. The van der Waals surface area contributed by atoms with Gasteiger partial charge in [-0.15, -0.1) is 12.4 Å². The molecule has 3 N–H and O–H groups in total. The smallest absolute Gasteiger partial charge is 0.321 e. The summed E-state index contributed by atoms with van der Waals surface area (Å²) in [5.74, 6) is 0.380. The first-order valence-electron chi connectivity index (χ1n) is 6.60. The molecule has 1 atom stereocenters. The van der Waals surface area contributed by atoms with Gasteiger partial charge in [0.2, 0.25) is 5.91 Å². The zero-order chi connectivity index (χ0) is 13.4. The zero-order valence-corrected chi connectivity index (χ0v) is 12.5. The molecule has 0 aromatic heterocycles. The molecule has 0 radical (unpaired) electrons. The molecule has 0 bridgehead atoms. The fourth-order valence-corrected chi connectivity index (χ4v) is 2.16. The van der Waals surface area contributed by atoms with Crippen LogP contribution in [0, 0.1) is 5.92 Å². The zero-order valence-electron chi connectivity index (χ0n) is 11.7. The van der Waals surface area contributed by atoms with Crippen LogP contribution in [0.5, 0.6) is 0 Å². The van der Waals surface area contributed by atoms with Gasteiger partial charge in [0.15, 0.2) is 0 Å². The molecule has 1 unspecified atom stereocenters. The molecule has 7 heteroatoms. The number of urea groups is 1. The van der Waals surface area contributed by atoms with E-state index in [1.807, 2.05) is 14.0 Å². The van der Waals surface area contributed by atoms with Gasteiger partial charge in [-0.25, -0.2) is 4.79 Å². The summed E-state index contributed by atoms with van der Waals surface area (Å²) in [6.45, 7) is 5.69. The van der Waals surface area contributed by atoms with Crippen LogP contribution in [0.3, 0.4) is 0 Å². The third-order valence-corrected chi connectivity index (χ3v) is 3.02. The summed E-state index contributed by atoms with van der Waals surface area (Å²) in [4.78, 5) is 25.0. The first kappa shape index (κ1) is 18.1. The summed E-state index contributed by atoms with van der Waals surface area (Å²) in [5, 5.41) is 8.11. The highest BCUT2D eigenvalue weighted by Gasteiger charge is 2.23. The Hall–Kier alpha value is -0.850. The maximum atomic E-state index is 11.6. The third-order valence-electron chi connectivity index (χ3n) is 3.02. The number of rotatable bonds is 6. The molecule has 6 nitrogen and oxygen atoms in total. The highest BCUT2D eigenvalue weighted by atomic mass is 35.5. The summed E-state index contributed by atoms with van der Waals surface area (Å²) < 4.78 is 0. The van der Waals surface area contributed by atoms with Crippen molar-refractivity contribution in [3.8, 4) is 0 Å². The number of likely N-dealkylation sites (tertiary alicyclic amines) is 1. The second-order valence-corrected chi connectivity index (χ2v) is 4.75. The van der Waals surface area contributed by atoms with Crippen molar-refractivity contribution in [1.29, 1.82) is 0 Å². The monoisotopic (exact) mass is 292 g/mol. The molecule has 19 heavy (non-hydrogen) atoms. The van der Waals surface area contributed by atoms with E-state index in [4.69, 9.17) is 0 Å². The van der Waals surface area contributed by atoms with E-state index in [1.54, 1.807) is 0 Å². The van der Waals surface area contributed by atoms with Gasteiger partial charge in [-0.1, -0.05) is 6.92 Å². The minimum Gasteiger partial charge on any atom is -0.338 e. The van der Waals surface area contributed by atoms with Gasteiger partial charge in [-0.05, 0) is 38.9 Å². The molecule has 1 heterocycles. The third kappa shape index (κ3) is 7.34. The van der Waals surface area contributed by atoms with Gasteiger partial charge in [-0.3, -0.25) is 15.0 Å². The molecule has 0 aliphatic carbocycles. The molecule has 1 aliphatic heterocycles. The molecule has 1 fully saturated rings. The number of carbonyl (C=O) groups is 2. The average molecular weight is 293 g/mol. The fourth-order valence-electron chi connectivity index (χ4n) is 2.16. The largest absolute Gasteiger partial charge is 0.338 e. The second-order valence-electron chi connectivity index (χ2n) is 4.75. The van der Waals surface area contributed by atoms with Gasteiger partial charge in [0.1, 0.15) is 0 Å². The second kappa shape index (κ2) is 10.00. The molecule has 0 saturated carbocycles. The summed E-state index contributed by atoms with van der Waals surface area (Å²) in [6.07, 6.45) is 1.97. The van der Waals surface area contributed by atoms with Crippen molar-refractivity contribution in [1.82, 2.24) is 20.9 Å². The summed E-state index contributed by atoms with van der Waals surface area (Å²) >= 11 is 0. The highest BCUT2D eigenvalue weighted by Crippen LogP contribution is 2.14. The van der Waals surface area contributed by atoms with Gasteiger partial charge in [0.25, 0.3) is 0 Å². The topological polar surface area (TPSA) is 73.5 Å². The van der Waals surface area contributed by atoms with E-state index in [1.165, 1.54) is 0 Å². The van der Waals surface area contributed by atoms with Crippen molar-refractivity contribution in [2.24, 2.45) is 5.92 Å². The van der Waals surface area contributed by atoms with Crippen LogP contribution < -0.4 is 16.0 Å². The Balaban J connectivity index is 0.00000324. The lowest BCUT2D eigenvalue weighted by atomic mass is 10.1. The Morgan fingerprint density at radius 2 is 2.11 bits per heavy atom. The van der Waals surface area contributed by atoms with Crippen LogP contribution in [0.1, 0.15) is 19.8 Å². The van der Waals surface area contributed by atoms with Gasteiger partial charge in [0.05, 0.1) is 6.54 Å². The first-order chi connectivity index (χ1) is 8.65. The Labute approximate surface area is 121 Å². The van der Waals surface area contributed by atoms with Gasteiger partial charge in [-0.2, -0.15) is 0 Å². The maximum absolute atomic E-state index is 11.6. The molecule has 112 valence electrons. The van der Waals surface area contributed by atoms with Crippen molar-refractivity contribution < 1.29 is 9.59 Å². The highest BCUT2D eigenvalue weighted by molar-refractivity contribution is 5.95. The first-order valence-corrected chi connectivity index (χ1v) is 6.60. The fraction of sp³-hybridized carbons (Fsp3) is 0.833.